The zero-order valence-corrected chi connectivity index (χ0v) is 22.3. The lowest BCUT2D eigenvalue weighted by Crippen LogP contribution is -2.40. The number of aromatic nitrogens is 1. The van der Waals surface area contributed by atoms with Gasteiger partial charge in [-0.3, -0.25) is 9.69 Å². The number of ether oxygens (including phenoxy) is 2. The van der Waals surface area contributed by atoms with Crippen molar-refractivity contribution in [3.05, 3.63) is 101 Å². The largest absolute Gasteiger partial charge is 0.493 e. The molecule has 1 N–H and O–H groups in total. The Morgan fingerprint density at radius 2 is 1.62 bits per heavy atom. The number of carbonyl (C=O) groups is 2. The number of nitrogens with zero attached hydrogens (tertiary/aromatic N) is 2. The van der Waals surface area contributed by atoms with E-state index in [4.69, 9.17) is 13.9 Å². The van der Waals surface area contributed by atoms with E-state index in [1.807, 2.05) is 87.5 Å². The van der Waals surface area contributed by atoms with Gasteiger partial charge in [0.1, 0.15) is 23.8 Å². The summed E-state index contributed by atoms with van der Waals surface area (Å²) in [6.07, 6.45) is 0.371. The van der Waals surface area contributed by atoms with Crippen LogP contribution in [0.1, 0.15) is 42.0 Å². The van der Waals surface area contributed by atoms with Crippen molar-refractivity contribution in [2.45, 2.75) is 39.7 Å². The van der Waals surface area contributed by atoms with Crippen molar-refractivity contribution in [1.29, 1.82) is 0 Å². The first-order chi connectivity index (χ1) is 18.8. The molecule has 8 heteroatoms. The summed E-state index contributed by atoms with van der Waals surface area (Å²) in [7, 11) is 0. The lowest BCUT2D eigenvalue weighted by molar-refractivity contribution is -0.138. The fourth-order valence-electron chi connectivity index (χ4n) is 4.27. The molecule has 1 atom stereocenters. The average molecular weight is 529 g/mol. The van der Waals surface area contributed by atoms with Crippen molar-refractivity contribution < 1.29 is 28.6 Å². The highest BCUT2D eigenvalue weighted by Crippen LogP contribution is 2.28. The first kappa shape index (κ1) is 27.4. The monoisotopic (exact) mass is 528 g/mol. The van der Waals surface area contributed by atoms with E-state index in [-0.39, 0.29) is 0 Å². The number of rotatable bonds is 11. The second-order valence-corrected chi connectivity index (χ2v) is 9.18. The van der Waals surface area contributed by atoms with Crippen LogP contribution in [0.25, 0.3) is 11.5 Å². The molecule has 0 radical (unpaired) electrons. The Bertz CT molecular complexity index is 1380. The van der Waals surface area contributed by atoms with Crippen molar-refractivity contribution in [2.24, 2.45) is 0 Å². The van der Waals surface area contributed by atoms with Crippen molar-refractivity contribution in [2.75, 3.05) is 13.2 Å². The van der Waals surface area contributed by atoms with Crippen LogP contribution >= 0.6 is 0 Å². The molecule has 0 spiro atoms. The van der Waals surface area contributed by atoms with E-state index in [0.717, 1.165) is 28.1 Å². The van der Waals surface area contributed by atoms with Crippen LogP contribution < -0.4 is 9.47 Å². The van der Waals surface area contributed by atoms with E-state index in [2.05, 4.69) is 4.98 Å². The molecular formula is C31H32N2O6. The predicted octanol–water partition coefficient (Wildman–Crippen LogP) is 6.62. The van der Waals surface area contributed by atoms with Gasteiger partial charge in [-0.2, -0.15) is 0 Å². The average Bonchev–Trinajstić information content (AvgIpc) is 3.31. The van der Waals surface area contributed by atoms with Gasteiger partial charge in [0, 0.05) is 12.0 Å². The zero-order valence-electron chi connectivity index (χ0n) is 22.3. The first-order valence-corrected chi connectivity index (χ1v) is 12.9. The summed E-state index contributed by atoms with van der Waals surface area (Å²) in [4.78, 5) is 30.4. The van der Waals surface area contributed by atoms with Gasteiger partial charge < -0.3 is 19.0 Å². The number of aliphatic carboxylic acids is 1. The number of amides is 1. The standard InChI is InChI=1S/C31H32N2O6/c1-4-28(33(20-29(34)35)31(36)39-26-14-10-21(2)11-15-26)23-12-16-25(17-13-23)37-19-18-27-22(3)38-30(32-27)24-8-6-5-7-9-24/h5-17,28H,4,18-20H2,1-3H3,(H,34,35). The molecule has 0 aliphatic rings. The minimum absolute atomic E-state index is 0.359. The number of benzene rings is 3. The Balaban J connectivity index is 1.39. The molecule has 1 aromatic heterocycles. The van der Waals surface area contributed by atoms with Crippen molar-refractivity contribution >= 4 is 12.1 Å². The van der Waals surface area contributed by atoms with Gasteiger partial charge in [-0.25, -0.2) is 9.78 Å². The Hall–Kier alpha value is -4.59. The number of hydrogen-bond donors (Lipinski definition) is 1. The van der Waals surface area contributed by atoms with Crippen LogP contribution in [0.2, 0.25) is 0 Å². The first-order valence-electron chi connectivity index (χ1n) is 12.9. The van der Waals surface area contributed by atoms with Crippen LogP contribution in [0.15, 0.2) is 83.3 Å². The van der Waals surface area contributed by atoms with E-state index < -0.39 is 24.6 Å². The number of hydrogen-bond acceptors (Lipinski definition) is 6. The van der Waals surface area contributed by atoms with Gasteiger partial charge in [0.05, 0.1) is 18.3 Å². The van der Waals surface area contributed by atoms with Crippen LogP contribution in [0.5, 0.6) is 11.5 Å². The molecule has 0 fully saturated rings. The summed E-state index contributed by atoms with van der Waals surface area (Å²) >= 11 is 0. The van der Waals surface area contributed by atoms with Crippen LogP contribution in [-0.2, 0) is 11.2 Å². The maximum absolute atomic E-state index is 13.0. The molecule has 202 valence electrons. The molecule has 39 heavy (non-hydrogen) atoms. The molecule has 3 aromatic carbocycles. The van der Waals surface area contributed by atoms with E-state index in [1.54, 1.807) is 12.1 Å². The number of carboxylic acid groups (broad SMARTS) is 1. The Morgan fingerprint density at radius 3 is 2.26 bits per heavy atom. The van der Waals surface area contributed by atoms with E-state index >= 15 is 0 Å². The summed E-state index contributed by atoms with van der Waals surface area (Å²) in [6, 6.07) is 23.6. The van der Waals surface area contributed by atoms with Gasteiger partial charge in [-0.05, 0) is 62.2 Å². The molecule has 0 saturated heterocycles. The zero-order chi connectivity index (χ0) is 27.8. The SMILES string of the molecule is CCC(c1ccc(OCCc2nc(-c3ccccc3)oc2C)cc1)N(CC(=O)O)C(=O)Oc1ccc(C)cc1. The second kappa shape index (κ2) is 12.8. The van der Waals surface area contributed by atoms with Crippen LogP contribution in [0, 0.1) is 13.8 Å². The number of carbonyl (C=O) groups excluding carboxylic acids is 1. The van der Waals surface area contributed by atoms with Crippen molar-refractivity contribution in [1.82, 2.24) is 9.88 Å². The van der Waals surface area contributed by atoms with Crippen molar-refractivity contribution in [3.8, 4) is 23.0 Å². The highest BCUT2D eigenvalue weighted by Gasteiger charge is 2.28. The minimum atomic E-state index is -1.12. The fraction of sp³-hybridized carbons (Fsp3) is 0.258. The highest BCUT2D eigenvalue weighted by atomic mass is 16.6. The van der Waals surface area contributed by atoms with Gasteiger partial charge in [0.25, 0.3) is 0 Å². The lowest BCUT2D eigenvalue weighted by atomic mass is 10.0. The van der Waals surface area contributed by atoms with Crippen molar-refractivity contribution in [3.63, 3.8) is 0 Å². The Labute approximate surface area is 227 Å². The van der Waals surface area contributed by atoms with Crippen LogP contribution in [0.3, 0.4) is 0 Å². The third-order valence-electron chi connectivity index (χ3n) is 6.32. The normalized spacial score (nSPS) is 11.6. The lowest BCUT2D eigenvalue weighted by Gasteiger charge is -2.29. The quantitative estimate of drug-likeness (QED) is 0.233. The maximum Gasteiger partial charge on any atom is 0.416 e. The Morgan fingerprint density at radius 1 is 0.949 bits per heavy atom. The third kappa shape index (κ3) is 7.25. The minimum Gasteiger partial charge on any atom is -0.493 e. The van der Waals surface area contributed by atoms with Gasteiger partial charge in [0.2, 0.25) is 5.89 Å². The molecular weight excluding hydrogens is 496 g/mol. The smallest absolute Gasteiger partial charge is 0.416 e. The van der Waals surface area contributed by atoms with Crippen LogP contribution in [0.4, 0.5) is 4.79 Å². The number of aryl methyl sites for hydroxylation is 2. The van der Waals surface area contributed by atoms with Gasteiger partial charge in [0.15, 0.2) is 0 Å². The predicted molar refractivity (Wildman–Crippen MR) is 147 cm³/mol. The van der Waals surface area contributed by atoms with Gasteiger partial charge in [-0.15, -0.1) is 0 Å². The summed E-state index contributed by atoms with van der Waals surface area (Å²) in [5, 5.41) is 9.47. The molecule has 1 heterocycles. The van der Waals surface area contributed by atoms with Crippen LogP contribution in [-0.4, -0.2) is 40.2 Å². The molecule has 0 saturated carbocycles. The fourth-order valence-corrected chi connectivity index (χ4v) is 4.27. The molecule has 1 amide bonds. The highest BCUT2D eigenvalue weighted by molar-refractivity contribution is 5.78. The molecule has 0 aliphatic heterocycles. The number of oxazole rings is 1. The number of carboxylic acids is 1. The molecule has 4 rings (SSSR count). The molecule has 8 nitrogen and oxygen atoms in total. The molecule has 0 aliphatic carbocycles. The van der Waals surface area contributed by atoms with Gasteiger partial charge in [-0.1, -0.05) is 55.0 Å². The van der Waals surface area contributed by atoms with E-state index in [0.29, 0.717) is 36.8 Å². The summed E-state index contributed by atoms with van der Waals surface area (Å²) in [5.41, 5.74) is 3.58. The van der Waals surface area contributed by atoms with Gasteiger partial charge >= 0.3 is 12.1 Å². The maximum atomic E-state index is 13.0. The molecule has 4 aromatic rings. The Kier molecular flexibility index (Phi) is 8.99. The summed E-state index contributed by atoms with van der Waals surface area (Å²) in [5.74, 6) is 1.25. The molecule has 1 unspecified atom stereocenters. The second-order valence-electron chi connectivity index (χ2n) is 9.18. The summed E-state index contributed by atoms with van der Waals surface area (Å²) in [6.45, 7) is 5.64. The topological polar surface area (TPSA) is 102 Å². The summed E-state index contributed by atoms with van der Waals surface area (Å²) < 4.78 is 17.2. The third-order valence-corrected chi connectivity index (χ3v) is 6.32. The molecule has 0 bridgehead atoms. The van der Waals surface area contributed by atoms with E-state index in [1.165, 1.54) is 4.90 Å². The van der Waals surface area contributed by atoms with E-state index in [9.17, 15) is 14.7 Å².